The van der Waals surface area contributed by atoms with Crippen molar-refractivity contribution in [2.75, 3.05) is 11.5 Å². The van der Waals surface area contributed by atoms with Crippen molar-refractivity contribution in [1.29, 1.82) is 0 Å². The Morgan fingerprint density at radius 1 is 0.957 bits per heavy atom. The van der Waals surface area contributed by atoms with Crippen molar-refractivity contribution in [3.05, 3.63) is 41.9 Å². The van der Waals surface area contributed by atoms with Crippen LogP contribution in [0.4, 0.5) is 11.4 Å². The second-order valence-corrected chi connectivity index (χ2v) is 7.01. The molecule has 0 aliphatic carbocycles. The normalized spacial score (nSPS) is 11.7. The van der Waals surface area contributed by atoms with Crippen molar-refractivity contribution in [2.45, 2.75) is 36.7 Å². The molecule has 23 heavy (non-hydrogen) atoms. The van der Waals surface area contributed by atoms with Gasteiger partial charge in [-0.3, -0.25) is 0 Å². The highest BCUT2D eigenvalue weighted by atomic mass is 32.2. The maximum Gasteiger partial charge on any atom is 0.263 e. The summed E-state index contributed by atoms with van der Waals surface area (Å²) in [7, 11) is 0. The number of nitrogens with zero attached hydrogens (tertiary/aromatic N) is 4. The molecule has 2 aromatic rings. The molecule has 0 atom stereocenters. The van der Waals surface area contributed by atoms with Crippen LogP contribution in [0.2, 0.25) is 0 Å². The molecule has 2 heterocycles. The summed E-state index contributed by atoms with van der Waals surface area (Å²) in [5, 5.41) is 17.9. The zero-order chi connectivity index (χ0) is 16.5. The molecule has 0 aliphatic rings. The number of pyridine rings is 2. The van der Waals surface area contributed by atoms with Crippen molar-refractivity contribution in [1.82, 2.24) is 9.97 Å². The highest BCUT2D eigenvalue weighted by Crippen LogP contribution is 2.22. The molecule has 0 saturated carbocycles. The van der Waals surface area contributed by atoms with Crippen LogP contribution in [0.5, 0.6) is 0 Å². The van der Waals surface area contributed by atoms with E-state index in [9.17, 15) is 5.21 Å². The second-order valence-electron chi connectivity index (χ2n) is 4.78. The zero-order valence-corrected chi connectivity index (χ0v) is 14.9. The largest absolute Gasteiger partial charge is 0.594 e. The molecular weight excluding hydrogens is 328 g/mol. The fraction of sp³-hybridized carbons (Fsp3) is 0.375. The second kappa shape index (κ2) is 9.52. The van der Waals surface area contributed by atoms with E-state index in [1.807, 2.05) is 12.1 Å². The Morgan fingerprint density at radius 3 is 2.04 bits per heavy atom. The molecule has 0 fully saturated rings. The lowest BCUT2D eigenvalue weighted by Gasteiger charge is -2.02. The van der Waals surface area contributed by atoms with Crippen LogP contribution in [0.3, 0.4) is 0 Å². The van der Waals surface area contributed by atoms with Crippen LogP contribution in [0.25, 0.3) is 0 Å². The molecule has 122 valence electrons. The van der Waals surface area contributed by atoms with E-state index >= 15 is 0 Å². The Kier molecular flexibility index (Phi) is 7.35. The molecule has 5 nitrogen and oxygen atoms in total. The fourth-order valence-corrected chi connectivity index (χ4v) is 3.07. The van der Waals surface area contributed by atoms with Gasteiger partial charge in [-0.05, 0) is 47.4 Å². The molecule has 0 amide bonds. The van der Waals surface area contributed by atoms with Crippen molar-refractivity contribution < 1.29 is 4.86 Å². The van der Waals surface area contributed by atoms with Crippen molar-refractivity contribution in [3.8, 4) is 0 Å². The lowest BCUT2D eigenvalue weighted by molar-refractivity contribution is -0.435. The zero-order valence-electron chi connectivity index (χ0n) is 13.3. The fourth-order valence-electron chi connectivity index (χ4n) is 1.66. The van der Waals surface area contributed by atoms with Gasteiger partial charge in [0, 0.05) is 11.2 Å². The highest BCUT2D eigenvalue weighted by molar-refractivity contribution is 7.99. The van der Waals surface area contributed by atoms with Gasteiger partial charge in [0.2, 0.25) is 0 Å². The summed E-state index contributed by atoms with van der Waals surface area (Å²) < 4.78 is 0. The molecule has 0 saturated heterocycles. The van der Waals surface area contributed by atoms with Gasteiger partial charge in [-0.2, -0.15) is 0 Å². The number of hydrogen-bond donors (Lipinski definition) is 0. The van der Waals surface area contributed by atoms with E-state index in [1.54, 1.807) is 48.1 Å². The van der Waals surface area contributed by atoms with E-state index in [-0.39, 0.29) is 0 Å². The minimum atomic E-state index is 0.412. The molecule has 0 unspecified atom stereocenters. The quantitative estimate of drug-likeness (QED) is 0.276. The summed E-state index contributed by atoms with van der Waals surface area (Å²) >= 11 is 3.37. The summed E-state index contributed by atoms with van der Waals surface area (Å²) in [6.45, 7) is 4.26. The molecular formula is C16H20N4OS2. The standard InChI is InChI=1S/C16H20N4OS2/c1-3-9-22-15-7-5-13(11-17-15)19-20(21)14-6-8-16(18-12-14)23-10-4-2/h5-8,11-12H,3-4,9-10H2,1-2H3. The third-order valence-corrected chi connectivity index (χ3v) is 5.08. The number of thioether (sulfide) groups is 2. The monoisotopic (exact) mass is 348 g/mol. The first kappa shape index (κ1) is 17.7. The maximum absolute atomic E-state index is 12.1. The van der Waals surface area contributed by atoms with E-state index < -0.39 is 0 Å². The third-order valence-electron chi connectivity index (χ3n) is 2.78. The molecule has 0 bridgehead atoms. The van der Waals surface area contributed by atoms with Gasteiger partial charge in [0.05, 0.1) is 16.2 Å². The number of hydrogen-bond acceptors (Lipinski definition) is 6. The summed E-state index contributed by atoms with van der Waals surface area (Å²) in [4.78, 5) is 9.15. The molecule has 0 aliphatic heterocycles. The summed E-state index contributed by atoms with van der Waals surface area (Å²) in [6, 6.07) is 7.27. The predicted molar refractivity (Wildman–Crippen MR) is 95.9 cm³/mol. The topological polar surface area (TPSA) is 64.2 Å². The maximum atomic E-state index is 12.1. The Balaban J connectivity index is 2.03. The third kappa shape index (κ3) is 5.84. The van der Waals surface area contributed by atoms with E-state index in [1.165, 1.54) is 0 Å². The Bertz CT molecular complexity index is 630. The molecule has 2 aromatic heterocycles. The Hall–Kier alpha value is -1.60. The Labute approximate surface area is 145 Å². The first-order chi connectivity index (χ1) is 11.2. The van der Waals surface area contributed by atoms with Gasteiger partial charge in [-0.15, -0.1) is 23.5 Å². The van der Waals surface area contributed by atoms with Gasteiger partial charge in [-0.1, -0.05) is 13.8 Å². The molecule has 0 radical (unpaired) electrons. The van der Waals surface area contributed by atoms with Gasteiger partial charge in [0.1, 0.15) is 6.20 Å². The number of azo groups is 1. The van der Waals surface area contributed by atoms with Crippen LogP contribution in [0.1, 0.15) is 26.7 Å². The van der Waals surface area contributed by atoms with Crippen LogP contribution in [0.15, 0.2) is 51.8 Å². The Morgan fingerprint density at radius 2 is 1.57 bits per heavy atom. The van der Waals surface area contributed by atoms with Gasteiger partial charge >= 0.3 is 0 Å². The minimum absolute atomic E-state index is 0.412. The molecule has 0 spiro atoms. The average molecular weight is 348 g/mol. The molecule has 7 heteroatoms. The average Bonchev–Trinajstić information content (AvgIpc) is 2.59. The van der Waals surface area contributed by atoms with E-state index in [0.29, 0.717) is 16.2 Å². The molecule has 0 aromatic carbocycles. The van der Waals surface area contributed by atoms with Crippen LogP contribution >= 0.6 is 23.5 Å². The van der Waals surface area contributed by atoms with Gasteiger partial charge < -0.3 is 5.21 Å². The molecule has 0 N–H and O–H groups in total. The summed E-state index contributed by atoms with van der Waals surface area (Å²) in [5.74, 6) is 2.05. The van der Waals surface area contributed by atoms with Crippen LogP contribution in [0, 0.1) is 5.21 Å². The van der Waals surface area contributed by atoms with Crippen LogP contribution < -0.4 is 0 Å². The van der Waals surface area contributed by atoms with Gasteiger partial charge in [0.25, 0.3) is 5.69 Å². The van der Waals surface area contributed by atoms with Gasteiger partial charge in [-0.25, -0.2) is 9.97 Å². The van der Waals surface area contributed by atoms with Crippen LogP contribution in [-0.4, -0.2) is 26.3 Å². The minimum Gasteiger partial charge on any atom is -0.594 e. The predicted octanol–water partition coefficient (Wildman–Crippen LogP) is 5.41. The number of rotatable bonds is 8. The lowest BCUT2D eigenvalue weighted by atomic mass is 10.4. The van der Waals surface area contributed by atoms with Crippen molar-refractivity contribution >= 4 is 34.9 Å². The van der Waals surface area contributed by atoms with Crippen molar-refractivity contribution in [2.24, 2.45) is 5.11 Å². The van der Waals surface area contributed by atoms with E-state index in [2.05, 4.69) is 28.9 Å². The first-order valence-electron chi connectivity index (χ1n) is 7.59. The summed E-state index contributed by atoms with van der Waals surface area (Å²) in [6.07, 6.45) is 5.36. The van der Waals surface area contributed by atoms with Crippen molar-refractivity contribution in [3.63, 3.8) is 0 Å². The van der Waals surface area contributed by atoms with Gasteiger partial charge in [0.15, 0.2) is 5.69 Å². The highest BCUT2D eigenvalue weighted by Gasteiger charge is 2.06. The van der Waals surface area contributed by atoms with Crippen LogP contribution in [-0.2, 0) is 0 Å². The molecule has 2 rings (SSSR count). The smallest absolute Gasteiger partial charge is 0.263 e. The van der Waals surface area contributed by atoms with E-state index in [0.717, 1.165) is 34.4 Å². The number of aromatic nitrogens is 2. The lowest BCUT2D eigenvalue weighted by Crippen LogP contribution is -1.92. The SMILES string of the molecule is CCCSc1ccc(N=[N+]([O-])c2ccc(SCCC)nc2)cn1. The summed E-state index contributed by atoms with van der Waals surface area (Å²) in [5.41, 5.74) is 0.945. The first-order valence-corrected chi connectivity index (χ1v) is 9.56. The van der Waals surface area contributed by atoms with E-state index in [4.69, 9.17) is 0 Å².